The van der Waals surface area contributed by atoms with E-state index < -0.39 is 0 Å². The molecule has 5 nitrogen and oxygen atoms in total. The van der Waals surface area contributed by atoms with Crippen molar-refractivity contribution in [2.24, 2.45) is 0 Å². The number of phenolic OH excluding ortho intramolecular Hbond substituents is 1. The summed E-state index contributed by atoms with van der Waals surface area (Å²) in [6.07, 6.45) is 1.76. The number of hydrogen-bond donors (Lipinski definition) is 3. The average molecular weight is 264 g/mol. The van der Waals surface area contributed by atoms with Crippen LogP contribution in [0.2, 0.25) is 0 Å². The van der Waals surface area contributed by atoms with Gasteiger partial charge in [0, 0.05) is 5.54 Å². The van der Waals surface area contributed by atoms with Crippen LogP contribution in [0.25, 0.3) is 0 Å². The summed E-state index contributed by atoms with van der Waals surface area (Å²) >= 11 is 0. The summed E-state index contributed by atoms with van der Waals surface area (Å²) in [6, 6.07) is 4.91. The Hall–Kier alpha value is -1.75. The minimum Gasteiger partial charge on any atom is -0.504 e. The van der Waals surface area contributed by atoms with E-state index in [4.69, 9.17) is 4.74 Å². The molecule has 1 aromatic rings. The van der Waals surface area contributed by atoms with Crippen molar-refractivity contribution >= 4 is 5.91 Å². The molecule has 1 heterocycles. The molecule has 1 aromatic carbocycles. The summed E-state index contributed by atoms with van der Waals surface area (Å²) in [5, 5.41) is 16.2. The normalized spacial score (nSPS) is 17.8. The highest BCUT2D eigenvalue weighted by Crippen LogP contribution is 2.30. The summed E-state index contributed by atoms with van der Waals surface area (Å²) < 4.78 is 5.01. The summed E-state index contributed by atoms with van der Waals surface area (Å²) in [4.78, 5) is 12.3. The highest BCUT2D eigenvalue weighted by atomic mass is 16.5. The maximum Gasteiger partial charge on any atom is 0.255 e. The first-order valence-electron chi connectivity index (χ1n) is 6.45. The Balaban J connectivity index is 2.16. The van der Waals surface area contributed by atoms with Gasteiger partial charge in [-0.2, -0.15) is 0 Å². The minimum atomic E-state index is -0.263. The van der Waals surface area contributed by atoms with Crippen LogP contribution in [-0.4, -0.2) is 36.8 Å². The van der Waals surface area contributed by atoms with Crippen LogP contribution in [0.4, 0.5) is 0 Å². The van der Waals surface area contributed by atoms with Crippen molar-refractivity contribution in [3.8, 4) is 11.5 Å². The maximum absolute atomic E-state index is 12.3. The highest BCUT2D eigenvalue weighted by Gasteiger charge is 2.29. The van der Waals surface area contributed by atoms with Gasteiger partial charge in [0.2, 0.25) is 0 Å². The van der Waals surface area contributed by atoms with Crippen molar-refractivity contribution in [3.63, 3.8) is 0 Å². The van der Waals surface area contributed by atoms with Crippen LogP contribution in [0.5, 0.6) is 11.5 Å². The number of methoxy groups -OCH3 is 1. The number of ether oxygens (including phenoxy) is 1. The molecule has 0 aliphatic carbocycles. The van der Waals surface area contributed by atoms with E-state index in [1.54, 1.807) is 18.2 Å². The fourth-order valence-electron chi connectivity index (χ4n) is 2.32. The third kappa shape index (κ3) is 2.98. The lowest BCUT2D eigenvalue weighted by Gasteiger charge is -2.35. The van der Waals surface area contributed by atoms with Crippen LogP contribution >= 0.6 is 0 Å². The summed E-state index contributed by atoms with van der Waals surface area (Å²) in [5.74, 6) is -0.0658. The van der Waals surface area contributed by atoms with Gasteiger partial charge in [0.25, 0.3) is 5.91 Å². The lowest BCUT2D eigenvalue weighted by molar-refractivity contribution is 0.0884. The molecular formula is C14H20N2O3. The maximum atomic E-state index is 12.3. The third-order valence-electron chi connectivity index (χ3n) is 3.59. The fraction of sp³-hybridized carbons (Fsp3) is 0.500. The number of hydrogen-bond acceptors (Lipinski definition) is 4. The molecule has 0 bridgehead atoms. The van der Waals surface area contributed by atoms with Crippen molar-refractivity contribution in [1.82, 2.24) is 10.6 Å². The number of piperidine rings is 1. The number of rotatable bonds is 3. The Kier molecular flexibility index (Phi) is 3.95. The molecule has 5 heteroatoms. The van der Waals surface area contributed by atoms with Gasteiger partial charge in [0.1, 0.15) is 0 Å². The van der Waals surface area contributed by atoms with Gasteiger partial charge in [-0.1, -0.05) is 6.07 Å². The molecule has 1 fully saturated rings. The monoisotopic (exact) mass is 264 g/mol. The zero-order valence-corrected chi connectivity index (χ0v) is 11.3. The van der Waals surface area contributed by atoms with E-state index in [1.807, 2.05) is 6.92 Å². The molecule has 104 valence electrons. The number of aromatic hydroxyl groups is 1. The standard InChI is InChI=1S/C14H20N2O3/c1-14(6-8-15-9-7-14)16-13(18)10-4-3-5-11(19-2)12(10)17/h3-5,15,17H,6-9H2,1-2H3,(H,16,18). The quantitative estimate of drug-likeness (QED) is 0.769. The van der Waals surface area contributed by atoms with E-state index in [2.05, 4.69) is 10.6 Å². The summed E-state index contributed by atoms with van der Waals surface area (Å²) in [7, 11) is 1.46. The van der Waals surface area contributed by atoms with Gasteiger partial charge in [-0.3, -0.25) is 4.79 Å². The Morgan fingerprint density at radius 2 is 2.11 bits per heavy atom. The second kappa shape index (κ2) is 5.48. The van der Waals surface area contributed by atoms with Crippen LogP contribution in [0.3, 0.4) is 0 Å². The molecule has 3 N–H and O–H groups in total. The van der Waals surface area contributed by atoms with Crippen molar-refractivity contribution in [3.05, 3.63) is 23.8 Å². The van der Waals surface area contributed by atoms with E-state index in [-0.39, 0.29) is 22.8 Å². The first-order valence-corrected chi connectivity index (χ1v) is 6.45. The van der Waals surface area contributed by atoms with Gasteiger partial charge >= 0.3 is 0 Å². The number of para-hydroxylation sites is 1. The molecule has 1 saturated heterocycles. The molecule has 0 unspecified atom stereocenters. The molecule has 2 rings (SSSR count). The lowest BCUT2D eigenvalue weighted by Crippen LogP contribution is -2.52. The van der Waals surface area contributed by atoms with Crippen LogP contribution in [0, 0.1) is 0 Å². The predicted octanol–water partition coefficient (Wildman–Crippen LogP) is 1.27. The van der Waals surface area contributed by atoms with E-state index in [1.165, 1.54) is 7.11 Å². The van der Waals surface area contributed by atoms with Crippen LogP contribution < -0.4 is 15.4 Å². The van der Waals surface area contributed by atoms with E-state index in [9.17, 15) is 9.90 Å². The van der Waals surface area contributed by atoms with Crippen LogP contribution in [0.15, 0.2) is 18.2 Å². The number of amides is 1. The van der Waals surface area contributed by atoms with Crippen molar-refractivity contribution in [2.75, 3.05) is 20.2 Å². The van der Waals surface area contributed by atoms with Gasteiger partial charge in [-0.25, -0.2) is 0 Å². The second-order valence-electron chi connectivity index (χ2n) is 5.12. The third-order valence-corrected chi connectivity index (χ3v) is 3.59. The van der Waals surface area contributed by atoms with Gasteiger partial charge in [0.05, 0.1) is 12.7 Å². The first-order chi connectivity index (χ1) is 9.06. The topological polar surface area (TPSA) is 70.6 Å². The number of phenols is 1. The Bertz CT molecular complexity index is 468. The number of carbonyl (C=O) groups excluding carboxylic acids is 1. The zero-order chi connectivity index (χ0) is 13.9. The van der Waals surface area contributed by atoms with Crippen molar-refractivity contribution in [2.45, 2.75) is 25.3 Å². The molecule has 0 aromatic heterocycles. The number of benzene rings is 1. The fourth-order valence-corrected chi connectivity index (χ4v) is 2.32. The molecule has 19 heavy (non-hydrogen) atoms. The number of nitrogens with one attached hydrogen (secondary N) is 2. The van der Waals surface area contributed by atoms with Crippen LogP contribution in [0.1, 0.15) is 30.1 Å². The molecule has 1 aliphatic heterocycles. The minimum absolute atomic E-state index is 0.111. The summed E-state index contributed by atoms with van der Waals surface area (Å²) in [5.41, 5.74) is 0.0248. The Morgan fingerprint density at radius 3 is 2.74 bits per heavy atom. The molecule has 0 spiro atoms. The van der Waals surface area contributed by atoms with Crippen LogP contribution in [-0.2, 0) is 0 Å². The van der Waals surface area contributed by atoms with E-state index >= 15 is 0 Å². The predicted molar refractivity (Wildman–Crippen MR) is 72.6 cm³/mol. The van der Waals surface area contributed by atoms with E-state index in [0.29, 0.717) is 5.75 Å². The van der Waals surface area contributed by atoms with Gasteiger partial charge in [-0.05, 0) is 45.0 Å². The molecular weight excluding hydrogens is 244 g/mol. The molecule has 1 amide bonds. The molecule has 0 radical (unpaired) electrons. The zero-order valence-electron chi connectivity index (χ0n) is 11.3. The average Bonchev–Trinajstić information content (AvgIpc) is 2.39. The Morgan fingerprint density at radius 1 is 1.42 bits per heavy atom. The first kappa shape index (κ1) is 13.7. The van der Waals surface area contributed by atoms with Crippen molar-refractivity contribution in [1.29, 1.82) is 0 Å². The summed E-state index contributed by atoms with van der Waals surface area (Å²) in [6.45, 7) is 3.81. The molecule has 0 atom stereocenters. The van der Waals surface area contributed by atoms with Crippen molar-refractivity contribution < 1.29 is 14.6 Å². The smallest absolute Gasteiger partial charge is 0.255 e. The molecule has 0 saturated carbocycles. The highest BCUT2D eigenvalue weighted by molar-refractivity contribution is 5.98. The SMILES string of the molecule is COc1cccc(C(=O)NC2(C)CCNCC2)c1O. The second-order valence-corrected chi connectivity index (χ2v) is 5.12. The lowest BCUT2D eigenvalue weighted by atomic mass is 9.90. The molecule has 1 aliphatic rings. The largest absolute Gasteiger partial charge is 0.504 e. The number of carbonyl (C=O) groups is 1. The van der Waals surface area contributed by atoms with E-state index in [0.717, 1.165) is 25.9 Å². The Labute approximate surface area is 113 Å². The van der Waals surface area contributed by atoms with Gasteiger partial charge < -0.3 is 20.5 Å². The van der Waals surface area contributed by atoms with Gasteiger partial charge in [0.15, 0.2) is 11.5 Å². The van der Waals surface area contributed by atoms with Gasteiger partial charge in [-0.15, -0.1) is 0 Å².